The van der Waals surface area contributed by atoms with Crippen molar-refractivity contribution in [3.05, 3.63) is 0 Å². The van der Waals surface area contributed by atoms with Crippen molar-refractivity contribution in [2.75, 3.05) is 6.26 Å². The maximum Gasteiger partial charge on any atom is 0.162 e. The number of sulfone groups is 1. The van der Waals surface area contributed by atoms with Crippen molar-refractivity contribution >= 4 is 32.4 Å². The summed E-state index contributed by atoms with van der Waals surface area (Å²) >= 11 is 1.79. The standard InChI is InChI=1S/C6H11IO3S/c1-11(9,10)6(7)5(8)4-2-3-4/h4-6,8H,2-3H2,1H3/t5-,6-/m0/s1. The fourth-order valence-corrected chi connectivity index (χ4v) is 2.22. The van der Waals surface area contributed by atoms with Gasteiger partial charge in [0.15, 0.2) is 9.84 Å². The highest BCUT2D eigenvalue weighted by atomic mass is 127. The molecule has 1 aliphatic carbocycles. The van der Waals surface area contributed by atoms with Crippen molar-refractivity contribution in [3.63, 3.8) is 0 Å². The van der Waals surface area contributed by atoms with Gasteiger partial charge < -0.3 is 5.11 Å². The summed E-state index contributed by atoms with van der Waals surface area (Å²) < 4.78 is 21.2. The van der Waals surface area contributed by atoms with Gasteiger partial charge in [0, 0.05) is 6.26 Å². The van der Waals surface area contributed by atoms with Gasteiger partial charge in [-0.05, 0) is 18.8 Å². The molecular formula is C6H11IO3S. The Hall–Kier alpha value is 0.640. The minimum absolute atomic E-state index is 0.228. The van der Waals surface area contributed by atoms with Crippen LogP contribution < -0.4 is 0 Å². The van der Waals surface area contributed by atoms with Crippen LogP contribution in [0.5, 0.6) is 0 Å². The summed E-state index contributed by atoms with van der Waals surface area (Å²) in [6.07, 6.45) is 2.44. The van der Waals surface area contributed by atoms with Crippen LogP contribution in [0.3, 0.4) is 0 Å². The van der Waals surface area contributed by atoms with Crippen molar-refractivity contribution in [1.29, 1.82) is 0 Å². The van der Waals surface area contributed by atoms with Crippen molar-refractivity contribution in [2.24, 2.45) is 5.92 Å². The SMILES string of the molecule is CS(=O)(=O)[C@H](I)[C@@H](O)C1CC1. The fourth-order valence-electron chi connectivity index (χ4n) is 0.905. The second-order valence-electron chi connectivity index (χ2n) is 3.01. The van der Waals surface area contributed by atoms with Gasteiger partial charge in [-0.1, -0.05) is 22.6 Å². The summed E-state index contributed by atoms with van der Waals surface area (Å²) in [5.74, 6) is 0.228. The largest absolute Gasteiger partial charge is 0.391 e. The highest BCUT2D eigenvalue weighted by Crippen LogP contribution is 2.36. The van der Waals surface area contributed by atoms with Crippen molar-refractivity contribution in [1.82, 2.24) is 0 Å². The summed E-state index contributed by atoms with van der Waals surface area (Å²) in [5, 5.41) is 9.41. The maximum absolute atomic E-state index is 10.9. The van der Waals surface area contributed by atoms with E-state index in [4.69, 9.17) is 0 Å². The molecule has 0 radical (unpaired) electrons. The van der Waals surface area contributed by atoms with Gasteiger partial charge >= 0.3 is 0 Å². The molecule has 66 valence electrons. The molecule has 3 nitrogen and oxygen atoms in total. The van der Waals surface area contributed by atoms with Gasteiger partial charge in [0.1, 0.15) is 3.26 Å². The molecule has 2 atom stereocenters. The fraction of sp³-hybridized carbons (Fsp3) is 1.00. The quantitative estimate of drug-likeness (QED) is 0.610. The Bertz CT molecular complexity index is 232. The molecule has 1 aliphatic rings. The predicted octanol–water partition coefficient (Wildman–Crippen LogP) is 0.563. The molecule has 0 aromatic heterocycles. The average molecular weight is 290 g/mol. The van der Waals surface area contributed by atoms with Gasteiger partial charge in [-0.3, -0.25) is 0 Å². The molecular weight excluding hydrogens is 279 g/mol. The van der Waals surface area contributed by atoms with Crippen molar-refractivity contribution in [2.45, 2.75) is 22.2 Å². The van der Waals surface area contributed by atoms with Gasteiger partial charge in [0.2, 0.25) is 0 Å². The summed E-state index contributed by atoms with van der Waals surface area (Å²) in [7, 11) is -3.07. The minimum atomic E-state index is -3.07. The van der Waals surface area contributed by atoms with Crippen molar-refractivity contribution < 1.29 is 13.5 Å². The van der Waals surface area contributed by atoms with Crippen LogP contribution in [0.15, 0.2) is 0 Å². The monoisotopic (exact) mass is 290 g/mol. The molecule has 5 heteroatoms. The second kappa shape index (κ2) is 3.18. The van der Waals surface area contributed by atoms with Gasteiger partial charge in [0.05, 0.1) is 6.10 Å². The lowest BCUT2D eigenvalue weighted by molar-refractivity contribution is 0.169. The van der Waals surface area contributed by atoms with Crippen molar-refractivity contribution in [3.8, 4) is 0 Å². The lowest BCUT2D eigenvalue weighted by Gasteiger charge is -2.14. The number of aliphatic hydroxyl groups is 1. The molecule has 0 heterocycles. The number of rotatable bonds is 3. The Balaban J connectivity index is 2.59. The van der Waals surface area contributed by atoms with Crippen LogP contribution in [0.1, 0.15) is 12.8 Å². The van der Waals surface area contributed by atoms with E-state index in [2.05, 4.69) is 0 Å². The maximum atomic E-state index is 10.9. The van der Waals surface area contributed by atoms with Gasteiger partial charge in [-0.25, -0.2) is 8.42 Å². The molecule has 1 rings (SSSR count). The molecule has 0 bridgehead atoms. The van der Waals surface area contributed by atoms with E-state index in [1.54, 1.807) is 22.6 Å². The third-order valence-electron chi connectivity index (χ3n) is 1.78. The molecule has 0 spiro atoms. The van der Waals surface area contributed by atoms with E-state index in [9.17, 15) is 13.5 Å². The Labute approximate surface area is 80.2 Å². The van der Waals surface area contributed by atoms with Crippen LogP contribution in [-0.4, -0.2) is 29.1 Å². The van der Waals surface area contributed by atoms with Crippen LogP contribution in [0, 0.1) is 5.92 Å². The topological polar surface area (TPSA) is 54.4 Å². The van der Waals surface area contributed by atoms with E-state index in [-0.39, 0.29) is 5.92 Å². The van der Waals surface area contributed by atoms with Gasteiger partial charge in [0.25, 0.3) is 0 Å². The molecule has 11 heavy (non-hydrogen) atoms. The minimum Gasteiger partial charge on any atom is -0.391 e. The Morgan fingerprint density at radius 3 is 2.27 bits per heavy atom. The number of halogens is 1. The molecule has 0 unspecified atom stereocenters. The first-order valence-corrected chi connectivity index (χ1v) is 6.64. The first-order chi connectivity index (χ1) is 4.93. The number of hydrogen-bond acceptors (Lipinski definition) is 3. The smallest absolute Gasteiger partial charge is 0.162 e. The third-order valence-corrected chi connectivity index (χ3v) is 6.39. The van der Waals surface area contributed by atoms with Crippen LogP contribution in [0.2, 0.25) is 0 Å². The molecule has 1 saturated carbocycles. The zero-order valence-corrected chi connectivity index (χ0v) is 9.17. The molecule has 0 amide bonds. The average Bonchev–Trinajstić information content (AvgIpc) is 2.63. The Kier molecular flexibility index (Phi) is 2.81. The Morgan fingerprint density at radius 2 is 2.00 bits per heavy atom. The molecule has 1 N–H and O–H groups in total. The normalized spacial score (nSPS) is 24.6. The zero-order valence-electron chi connectivity index (χ0n) is 6.20. The van der Waals surface area contributed by atoms with Gasteiger partial charge in [-0.15, -0.1) is 0 Å². The Morgan fingerprint density at radius 1 is 1.55 bits per heavy atom. The summed E-state index contributed by atoms with van der Waals surface area (Å²) in [6.45, 7) is 0. The van der Waals surface area contributed by atoms with E-state index in [1.807, 2.05) is 0 Å². The highest BCUT2D eigenvalue weighted by Gasteiger charge is 2.38. The first-order valence-electron chi connectivity index (χ1n) is 3.44. The molecule has 1 fully saturated rings. The van der Waals surface area contributed by atoms with Crippen LogP contribution in [0.25, 0.3) is 0 Å². The van der Waals surface area contributed by atoms with Crippen LogP contribution in [0.4, 0.5) is 0 Å². The number of aliphatic hydroxyl groups excluding tert-OH is 1. The van der Waals surface area contributed by atoms with Crippen LogP contribution >= 0.6 is 22.6 Å². The molecule has 0 aromatic rings. The number of hydrogen-bond donors (Lipinski definition) is 1. The predicted molar refractivity (Wildman–Crippen MR) is 51.4 cm³/mol. The van der Waals surface area contributed by atoms with E-state index >= 15 is 0 Å². The summed E-state index contributed by atoms with van der Waals surface area (Å²) in [4.78, 5) is 0. The van der Waals surface area contributed by atoms with E-state index in [0.29, 0.717) is 0 Å². The lowest BCUT2D eigenvalue weighted by atomic mass is 10.3. The highest BCUT2D eigenvalue weighted by molar-refractivity contribution is 14.1. The molecule has 0 saturated heterocycles. The lowest BCUT2D eigenvalue weighted by Crippen LogP contribution is -2.29. The van der Waals surface area contributed by atoms with E-state index in [0.717, 1.165) is 19.1 Å². The summed E-state index contributed by atoms with van der Waals surface area (Å²) in [5.41, 5.74) is 0. The molecule has 0 aromatic carbocycles. The second-order valence-corrected chi connectivity index (χ2v) is 7.36. The summed E-state index contributed by atoms with van der Waals surface area (Å²) in [6, 6.07) is 0. The van der Waals surface area contributed by atoms with Crippen LogP contribution in [-0.2, 0) is 9.84 Å². The van der Waals surface area contributed by atoms with Gasteiger partial charge in [-0.2, -0.15) is 0 Å². The van der Waals surface area contributed by atoms with E-state index < -0.39 is 19.2 Å². The first kappa shape index (κ1) is 9.73. The van der Waals surface area contributed by atoms with E-state index in [1.165, 1.54) is 0 Å². The third kappa shape index (κ3) is 2.55. The molecule has 0 aliphatic heterocycles. The number of alkyl halides is 1. The zero-order chi connectivity index (χ0) is 8.65.